The minimum Gasteiger partial charge on any atom is -0.469 e. The molecular formula is C13H10F2O2. The Morgan fingerprint density at radius 2 is 2.06 bits per heavy atom. The highest BCUT2D eigenvalue weighted by atomic mass is 19.1. The van der Waals surface area contributed by atoms with Gasteiger partial charge >= 0.3 is 0 Å². The molecule has 0 N–H and O–H groups in total. The lowest BCUT2D eigenvalue weighted by molar-refractivity contribution is 0.0991. The van der Waals surface area contributed by atoms with Crippen molar-refractivity contribution in [3.8, 4) is 0 Å². The average molecular weight is 236 g/mol. The van der Waals surface area contributed by atoms with Crippen LogP contribution in [-0.2, 0) is 6.42 Å². The topological polar surface area (TPSA) is 30.2 Å². The van der Waals surface area contributed by atoms with Crippen molar-refractivity contribution >= 4 is 5.78 Å². The summed E-state index contributed by atoms with van der Waals surface area (Å²) >= 11 is 0. The number of halogens is 2. The molecule has 2 aromatic rings. The molecule has 0 spiro atoms. The lowest BCUT2D eigenvalue weighted by atomic mass is 10.0. The number of hydrogen-bond acceptors (Lipinski definition) is 2. The Morgan fingerprint density at radius 3 is 2.71 bits per heavy atom. The fourth-order valence-electron chi connectivity index (χ4n) is 1.54. The van der Waals surface area contributed by atoms with Crippen molar-refractivity contribution < 1.29 is 18.0 Å². The number of carbonyl (C=O) groups is 1. The largest absolute Gasteiger partial charge is 0.469 e. The van der Waals surface area contributed by atoms with Gasteiger partial charge in [0.1, 0.15) is 23.7 Å². The van der Waals surface area contributed by atoms with Crippen LogP contribution in [0.2, 0.25) is 0 Å². The van der Waals surface area contributed by atoms with Gasteiger partial charge in [0.25, 0.3) is 0 Å². The Labute approximate surface area is 96.9 Å². The summed E-state index contributed by atoms with van der Waals surface area (Å²) in [6.45, 7) is 1.71. The summed E-state index contributed by atoms with van der Waals surface area (Å²) in [6.07, 6.45) is 1.14. The van der Waals surface area contributed by atoms with Crippen molar-refractivity contribution in [3.05, 3.63) is 59.1 Å². The first kappa shape index (κ1) is 11.5. The lowest BCUT2D eigenvalue weighted by Gasteiger charge is -2.01. The molecule has 0 saturated heterocycles. The van der Waals surface area contributed by atoms with E-state index < -0.39 is 11.6 Å². The van der Waals surface area contributed by atoms with E-state index in [9.17, 15) is 13.6 Å². The van der Waals surface area contributed by atoms with Crippen LogP contribution in [0.5, 0.6) is 0 Å². The Hall–Kier alpha value is -1.97. The zero-order valence-electron chi connectivity index (χ0n) is 9.17. The normalized spacial score (nSPS) is 10.5. The number of furan rings is 1. The highest BCUT2D eigenvalue weighted by Crippen LogP contribution is 2.14. The number of ketones is 1. The quantitative estimate of drug-likeness (QED) is 0.765. The van der Waals surface area contributed by atoms with Gasteiger partial charge in [0.05, 0.1) is 5.56 Å². The third kappa shape index (κ3) is 2.58. The highest BCUT2D eigenvalue weighted by molar-refractivity contribution is 5.97. The van der Waals surface area contributed by atoms with Crippen LogP contribution in [0.25, 0.3) is 0 Å². The first-order valence-electron chi connectivity index (χ1n) is 5.08. The van der Waals surface area contributed by atoms with Gasteiger partial charge in [-0.2, -0.15) is 0 Å². The fourth-order valence-corrected chi connectivity index (χ4v) is 1.54. The number of benzene rings is 1. The molecule has 0 aliphatic heterocycles. The zero-order valence-corrected chi connectivity index (χ0v) is 9.17. The smallest absolute Gasteiger partial charge is 0.170 e. The van der Waals surface area contributed by atoms with Gasteiger partial charge < -0.3 is 4.42 Å². The molecule has 88 valence electrons. The third-order valence-corrected chi connectivity index (χ3v) is 2.41. The fraction of sp³-hybridized carbons (Fsp3) is 0.154. The molecule has 0 saturated carbocycles. The number of aryl methyl sites for hydroxylation is 1. The summed E-state index contributed by atoms with van der Waals surface area (Å²) in [5.74, 6) is -0.836. The molecule has 0 radical (unpaired) electrons. The summed E-state index contributed by atoms with van der Waals surface area (Å²) in [5.41, 5.74) is 0.417. The summed E-state index contributed by atoms with van der Waals surface area (Å²) in [7, 11) is 0. The SMILES string of the molecule is Cc1cc(C(=O)Cc2cc(F)ccc2F)co1. The van der Waals surface area contributed by atoms with Crippen LogP contribution in [0.3, 0.4) is 0 Å². The summed E-state index contributed by atoms with van der Waals surface area (Å²) in [5, 5.41) is 0. The van der Waals surface area contributed by atoms with Gasteiger partial charge in [-0.15, -0.1) is 0 Å². The van der Waals surface area contributed by atoms with E-state index in [4.69, 9.17) is 4.42 Å². The van der Waals surface area contributed by atoms with Crippen LogP contribution < -0.4 is 0 Å². The second-order valence-electron chi connectivity index (χ2n) is 3.78. The van der Waals surface area contributed by atoms with Gasteiger partial charge in [-0.3, -0.25) is 4.79 Å². The zero-order chi connectivity index (χ0) is 12.4. The Balaban J connectivity index is 2.21. The van der Waals surface area contributed by atoms with Crippen LogP contribution in [0.1, 0.15) is 21.7 Å². The number of hydrogen-bond donors (Lipinski definition) is 0. The van der Waals surface area contributed by atoms with Crippen molar-refractivity contribution in [2.45, 2.75) is 13.3 Å². The number of carbonyl (C=O) groups excluding carboxylic acids is 1. The Morgan fingerprint density at radius 1 is 1.29 bits per heavy atom. The molecule has 1 heterocycles. The maximum absolute atomic E-state index is 13.3. The van der Waals surface area contributed by atoms with Gasteiger partial charge in [-0.25, -0.2) is 8.78 Å². The van der Waals surface area contributed by atoms with Gasteiger partial charge in [0.2, 0.25) is 0 Å². The van der Waals surface area contributed by atoms with E-state index >= 15 is 0 Å². The molecule has 1 aromatic carbocycles. The van der Waals surface area contributed by atoms with E-state index in [2.05, 4.69) is 0 Å². The standard InChI is InChI=1S/C13H10F2O2/c1-8-4-10(7-17-8)13(16)6-9-5-11(14)2-3-12(9)15/h2-5,7H,6H2,1H3. The molecule has 0 aliphatic carbocycles. The van der Waals surface area contributed by atoms with Crippen LogP contribution in [0, 0.1) is 18.6 Å². The first-order valence-corrected chi connectivity index (χ1v) is 5.08. The molecule has 0 fully saturated rings. The van der Waals surface area contributed by atoms with Crippen molar-refractivity contribution in [2.75, 3.05) is 0 Å². The van der Waals surface area contributed by atoms with Crippen molar-refractivity contribution in [3.63, 3.8) is 0 Å². The van der Waals surface area contributed by atoms with Crippen LogP contribution in [0.4, 0.5) is 8.78 Å². The molecule has 4 heteroatoms. The van der Waals surface area contributed by atoms with Crippen molar-refractivity contribution in [1.82, 2.24) is 0 Å². The molecule has 0 aliphatic rings. The summed E-state index contributed by atoms with van der Waals surface area (Å²) in [6, 6.07) is 4.63. The summed E-state index contributed by atoms with van der Waals surface area (Å²) in [4.78, 5) is 11.7. The molecule has 0 unspecified atom stereocenters. The molecular weight excluding hydrogens is 226 g/mol. The predicted octanol–water partition coefficient (Wildman–Crippen LogP) is 3.29. The van der Waals surface area contributed by atoms with Crippen molar-refractivity contribution in [1.29, 1.82) is 0 Å². The molecule has 2 rings (SSSR count). The van der Waals surface area contributed by atoms with Crippen LogP contribution in [0.15, 0.2) is 34.9 Å². The summed E-state index contributed by atoms with van der Waals surface area (Å²) < 4.78 is 31.2. The molecule has 0 atom stereocenters. The lowest BCUT2D eigenvalue weighted by Crippen LogP contribution is -2.04. The van der Waals surface area contributed by atoms with E-state index in [1.54, 1.807) is 13.0 Å². The minimum absolute atomic E-state index is 0.0499. The van der Waals surface area contributed by atoms with Crippen molar-refractivity contribution in [2.24, 2.45) is 0 Å². The minimum atomic E-state index is -0.583. The monoisotopic (exact) mass is 236 g/mol. The maximum atomic E-state index is 13.3. The average Bonchev–Trinajstić information content (AvgIpc) is 2.70. The van der Waals surface area contributed by atoms with Gasteiger partial charge in [0, 0.05) is 6.42 Å². The van der Waals surface area contributed by atoms with E-state index in [-0.39, 0.29) is 17.8 Å². The van der Waals surface area contributed by atoms with Gasteiger partial charge in [-0.05, 0) is 36.8 Å². The molecule has 0 amide bonds. The third-order valence-electron chi connectivity index (χ3n) is 2.41. The first-order chi connectivity index (χ1) is 8.06. The van der Waals surface area contributed by atoms with E-state index in [1.165, 1.54) is 6.26 Å². The number of Topliss-reactive ketones (excluding diaryl/α,β-unsaturated/α-hetero) is 1. The van der Waals surface area contributed by atoms with Crippen LogP contribution in [-0.4, -0.2) is 5.78 Å². The second kappa shape index (κ2) is 4.49. The second-order valence-corrected chi connectivity index (χ2v) is 3.78. The van der Waals surface area contributed by atoms with E-state index in [0.717, 1.165) is 18.2 Å². The molecule has 2 nitrogen and oxygen atoms in total. The van der Waals surface area contributed by atoms with Gasteiger partial charge in [-0.1, -0.05) is 0 Å². The Bertz CT molecular complexity index is 558. The van der Waals surface area contributed by atoms with Crippen LogP contribution >= 0.6 is 0 Å². The predicted molar refractivity (Wildman–Crippen MR) is 57.8 cm³/mol. The maximum Gasteiger partial charge on any atom is 0.170 e. The van der Waals surface area contributed by atoms with E-state index in [1.807, 2.05) is 0 Å². The Kier molecular flexibility index (Phi) is 3.04. The van der Waals surface area contributed by atoms with E-state index in [0.29, 0.717) is 11.3 Å². The number of rotatable bonds is 3. The molecule has 1 aromatic heterocycles. The molecule has 17 heavy (non-hydrogen) atoms. The highest BCUT2D eigenvalue weighted by Gasteiger charge is 2.13. The molecule has 0 bridgehead atoms. The van der Waals surface area contributed by atoms with Gasteiger partial charge in [0.15, 0.2) is 5.78 Å².